The third-order valence-electron chi connectivity index (χ3n) is 3.81. The van der Waals surface area contributed by atoms with Gasteiger partial charge in [0.2, 0.25) is 0 Å². The number of hydrogen-bond acceptors (Lipinski definition) is 2. The summed E-state index contributed by atoms with van der Waals surface area (Å²) in [6, 6.07) is 5.44. The molecule has 0 radical (unpaired) electrons. The van der Waals surface area contributed by atoms with Crippen LogP contribution in [0.3, 0.4) is 0 Å². The standard InChI is InChI=1S/C15H22N2O/c1-11-9-13(7-8-14(11)16)15(18)17-10-12-5-3-2-4-6-12/h7-9,12H,2-6,10,16H2,1H3,(H,17,18). The van der Waals surface area contributed by atoms with Crippen molar-refractivity contribution in [2.75, 3.05) is 12.3 Å². The van der Waals surface area contributed by atoms with Crippen LogP contribution in [0.4, 0.5) is 5.69 Å². The van der Waals surface area contributed by atoms with Gasteiger partial charge in [-0.05, 0) is 49.4 Å². The number of hydrogen-bond donors (Lipinski definition) is 2. The first-order valence-corrected chi connectivity index (χ1v) is 6.81. The Hall–Kier alpha value is -1.51. The Morgan fingerprint density at radius 2 is 2.06 bits per heavy atom. The number of rotatable bonds is 3. The minimum absolute atomic E-state index is 0.0173. The summed E-state index contributed by atoms with van der Waals surface area (Å²) >= 11 is 0. The smallest absolute Gasteiger partial charge is 0.251 e. The Morgan fingerprint density at radius 3 is 2.72 bits per heavy atom. The molecular weight excluding hydrogens is 224 g/mol. The Kier molecular flexibility index (Phi) is 4.24. The number of aryl methyl sites for hydroxylation is 1. The van der Waals surface area contributed by atoms with Crippen LogP contribution in [-0.4, -0.2) is 12.5 Å². The molecule has 0 unspecified atom stereocenters. The van der Waals surface area contributed by atoms with E-state index in [9.17, 15) is 4.79 Å². The number of carbonyl (C=O) groups is 1. The minimum atomic E-state index is 0.0173. The van der Waals surface area contributed by atoms with Gasteiger partial charge >= 0.3 is 0 Å². The summed E-state index contributed by atoms with van der Waals surface area (Å²) in [5.74, 6) is 0.682. The fraction of sp³-hybridized carbons (Fsp3) is 0.533. The highest BCUT2D eigenvalue weighted by molar-refractivity contribution is 5.94. The number of nitrogen functional groups attached to an aromatic ring is 1. The van der Waals surface area contributed by atoms with Gasteiger partial charge in [-0.2, -0.15) is 0 Å². The summed E-state index contributed by atoms with van der Waals surface area (Å²) < 4.78 is 0. The lowest BCUT2D eigenvalue weighted by atomic mass is 9.89. The SMILES string of the molecule is Cc1cc(C(=O)NCC2CCCCC2)ccc1N. The molecule has 0 saturated heterocycles. The predicted molar refractivity (Wildman–Crippen MR) is 74.5 cm³/mol. The maximum absolute atomic E-state index is 12.0. The second-order valence-electron chi connectivity index (χ2n) is 5.29. The Morgan fingerprint density at radius 1 is 1.33 bits per heavy atom. The molecule has 3 nitrogen and oxygen atoms in total. The van der Waals surface area contributed by atoms with E-state index in [1.54, 1.807) is 12.1 Å². The van der Waals surface area contributed by atoms with Crippen molar-refractivity contribution in [3.63, 3.8) is 0 Å². The first-order valence-electron chi connectivity index (χ1n) is 6.81. The van der Waals surface area contributed by atoms with Crippen molar-refractivity contribution in [3.8, 4) is 0 Å². The van der Waals surface area contributed by atoms with E-state index in [0.717, 1.165) is 17.8 Å². The van der Waals surface area contributed by atoms with Gasteiger partial charge in [0.25, 0.3) is 5.91 Å². The van der Waals surface area contributed by atoms with Crippen molar-refractivity contribution in [1.82, 2.24) is 5.32 Å². The lowest BCUT2D eigenvalue weighted by Gasteiger charge is -2.21. The molecule has 0 heterocycles. The summed E-state index contributed by atoms with van der Waals surface area (Å²) in [6.45, 7) is 2.73. The fourth-order valence-electron chi connectivity index (χ4n) is 2.55. The molecule has 0 spiro atoms. The molecule has 1 aliphatic carbocycles. The molecule has 18 heavy (non-hydrogen) atoms. The van der Waals surface area contributed by atoms with Gasteiger partial charge in [0.05, 0.1) is 0 Å². The highest BCUT2D eigenvalue weighted by Gasteiger charge is 2.15. The summed E-state index contributed by atoms with van der Waals surface area (Å²) in [5, 5.41) is 3.04. The van der Waals surface area contributed by atoms with E-state index in [4.69, 9.17) is 5.73 Å². The number of nitrogens with two attached hydrogens (primary N) is 1. The largest absolute Gasteiger partial charge is 0.399 e. The van der Waals surface area contributed by atoms with Gasteiger partial charge in [-0.3, -0.25) is 4.79 Å². The first kappa shape index (κ1) is 12.9. The number of nitrogens with one attached hydrogen (secondary N) is 1. The van der Waals surface area contributed by atoms with Gasteiger partial charge < -0.3 is 11.1 Å². The van der Waals surface area contributed by atoms with E-state index in [1.807, 2.05) is 13.0 Å². The zero-order valence-electron chi connectivity index (χ0n) is 11.0. The number of benzene rings is 1. The normalized spacial score (nSPS) is 16.5. The van der Waals surface area contributed by atoms with E-state index < -0.39 is 0 Å². The molecule has 0 aromatic heterocycles. The molecule has 1 fully saturated rings. The van der Waals surface area contributed by atoms with Gasteiger partial charge in [-0.15, -0.1) is 0 Å². The second kappa shape index (κ2) is 5.89. The molecule has 1 saturated carbocycles. The maximum Gasteiger partial charge on any atom is 0.251 e. The van der Waals surface area contributed by atoms with Crippen molar-refractivity contribution in [1.29, 1.82) is 0 Å². The van der Waals surface area contributed by atoms with E-state index in [0.29, 0.717) is 11.5 Å². The van der Waals surface area contributed by atoms with Crippen LogP contribution in [0.1, 0.15) is 48.0 Å². The minimum Gasteiger partial charge on any atom is -0.399 e. The van der Waals surface area contributed by atoms with Crippen molar-refractivity contribution in [2.24, 2.45) is 5.92 Å². The Balaban J connectivity index is 1.88. The molecule has 0 aliphatic heterocycles. The van der Waals surface area contributed by atoms with Crippen LogP contribution in [0.15, 0.2) is 18.2 Å². The van der Waals surface area contributed by atoms with Crippen molar-refractivity contribution < 1.29 is 4.79 Å². The molecule has 1 aliphatic rings. The predicted octanol–water partition coefficient (Wildman–Crippen LogP) is 2.89. The summed E-state index contributed by atoms with van der Waals surface area (Å²) in [6.07, 6.45) is 6.47. The summed E-state index contributed by atoms with van der Waals surface area (Å²) in [4.78, 5) is 12.0. The van der Waals surface area contributed by atoms with Crippen LogP contribution in [0.5, 0.6) is 0 Å². The third-order valence-corrected chi connectivity index (χ3v) is 3.81. The van der Waals surface area contributed by atoms with E-state index in [-0.39, 0.29) is 5.91 Å². The molecule has 0 atom stereocenters. The van der Waals surface area contributed by atoms with Crippen molar-refractivity contribution in [2.45, 2.75) is 39.0 Å². The first-order chi connectivity index (χ1) is 8.66. The molecule has 3 N–H and O–H groups in total. The average Bonchev–Trinajstić information content (AvgIpc) is 2.40. The molecule has 3 heteroatoms. The van der Waals surface area contributed by atoms with Crippen LogP contribution in [0.2, 0.25) is 0 Å². The zero-order chi connectivity index (χ0) is 13.0. The van der Waals surface area contributed by atoms with Gasteiger partial charge in [0, 0.05) is 17.8 Å². The van der Waals surface area contributed by atoms with Crippen LogP contribution in [0, 0.1) is 12.8 Å². The third kappa shape index (κ3) is 3.25. The quantitative estimate of drug-likeness (QED) is 0.806. The molecule has 2 rings (SSSR count). The van der Waals surface area contributed by atoms with E-state index >= 15 is 0 Å². The maximum atomic E-state index is 12.0. The topological polar surface area (TPSA) is 55.1 Å². The van der Waals surface area contributed by atoms with Crippen LogP contribution >= 0.6 is 0 Å². The summed E-state index contributed by atoms with van der Waals surface area (Å²) in [7, 11) is 0. The number of carbonyl (C=O) groups excluding carboxylic acids is 1. The second-order valence-corrected chi connectivity index (χ2v) is 5.29. The molecule has 1 amide bonds. The Labute approximate surface area is 109 Å². The monoisotopic (exact) mass is 246 g/mol. The highest BCUT2D eigenvalue weighted by Crippen LogP contribution is 2.22. The average molecular weight is 246 g/mol. The number of amides is 1. The lowest BCUT2D eigenvalue weighted by Crippen LogP contribution is -2.30. The molecule has 1 aromatic carbocycles. The summed E-state index contributed by atoms with van der Waals surface area (Å²) in [5.41, 5.74) is 8.15. The lowest BCUT2D eigenvalue weighted by molar-refractivity contribution is 0.0943. The van der Waals surface area contributed by atoms with E-state index in [2.05, 4.69) is 5.32 Å². The molecule has 0 bridgehead atoms. The van der Waals surface area contributed by atoms with Crippen molar-refractivity contribution >= 4 is 11.6 Å². The van der Waals surface area contributed by atoms with Gasteiger partial charge in [0.1, 0.15) is 0 Å². The van der Waals surface area contributed by atoms with Crippen molar-refractivity contribution in [3.05, 3.63) is 29.3 Å². The highest BCUT2D eigenvalue weighted by atomic mass is 16.1. The van der Waals surface area contributed by atoms with Crippen LogP contribution in [-0.2, 0) is 0 Å². The van der Waals surface area contributed by atoms with Gasteiger partial charge in [-0.25, -0.2) is 0 Å². The number of anilines is 1. The zero-order valence-corrected chi connectivity index (χ0v) is 11.0. The molecular formula is C15H22N2O. The van der Waals surface area contributed by atoms with Crippen LogP contribution in [0.25, 0.3) is 0 Å². The fourth-order valence-corrected chi connectivity index (χ4v) is 2.55. The van der Waals surface area contributed by atoms with Gasteiger partial charge in [-0.1, -0.05) is 19.3 Å². The molecule has 1 aromatic rings. The van der Waals surface area contributed by atoms with Gasteiger partial charge in [0.15, 0.2) is 0 Å². The molecule has 98 valence electrons. The van der Waals surface area contributed by atoms with E-state index in [1.165, 1.54) is 32.1 Å². The van der Waals surface area contributed by atoms with Crippen LogP contribution < -0.4 is 11.1 Å². The Bertz CT molecular complexity index is 423.